The second-order valence-corrected chi connectivity index (χ2v) is 9.68. The fraction of sp³-hybridized carbons (Fsp3) is 0.667. The molecule has 2 heterocycles. The summed E-state index contributed by atoms with van der Waals surface area (Å²) in [5.74, 6) is 0.622. The van der Waals surface area contributed by atoms with Gasteiger partial charge in [-0.2, -0.15) is 0 Å². The lowest BCUT2D eigenvalue weighted by atomic mass is 9.95. The molecule has 0 bridgehead atoms. The first-order valence-electron chi connectivity index (χ1n) is 10.0. The number of hydrogen-bond acceptors (Lipinski definition) is 5. The number of hydroxylamine groups is 2. The molecule has 150 valence electrons. The van der Waals surface area contributed by atoms with E-state index in [9.17, 15) is 4.79 Å². The smallest absolute Gasteiger partial charge is 0.330 e. The van der Waals surface area contributed by atoms with Gasteiger partial charge in [0.05, 0.1) is 5.41 Å². The van der Waals surface area contributed by atoms with Crippen LogP contribution in [0.5, 0.6) is 0 Å². The fourth-order valence-corrected chi connectivity index (χ4v) is 3.91. The summed E-state index contributed by atoms with van der Waals surface area (Å²) in [6.45, 7) is 12.7. The van der Waals surface area contributed by atoms with Gasteiger partial charge in [-0.15, -0.1) is 5.06 Å². The minimum atomic E-state index is -0.445. The van der Waals surface area contributed by atoms with Crippen LogP contribution in [0.2, 0.25) is 0 Å². The number of hydrogen-bond donors (Lipinski definition) is 0. The molecular formula is C21H32BrN3O2. The van der Waals surface area contributed by atoms with Crippen LogP contribution in [-0.2, 0) is 9.63 Å². The minimum Gasteiger partial charge on any atom is -0.372 e. The first-order valence-corrected chi connectivity index (χ1v) is 10.8. The molecule has 5 nitrogen and oxygen atoms in total. The number of nitrogens with zero attached hydrogens (tertiary/aromatic N) is 3. The third kappa shape index (κ3) is 5.93. The molecule has 1 aromatic carbocycles. The van der Waals surface area contributed by atoms with Crippen LogP contribution in [0.3, 0.4) is 0 Å². The SMILES string of the molecule is CC(C)(C)C(=O)ON1CCN(CC2CCN(c3ccc(Br)cc3)CC2)CC1. The average molecular weight is 438 g/mol. The Hall–Kier alpha value is -1.11. The zero-order chi connectivity index (χ0) is 19.4. The van der Waals surface area contributed by atoms with Crippen molar-refractivity contribution in [2.75, 3.05) is 50.7 Å². The molecule has 0 atom stereocenters. The van der Waals surface area contributed by atoms with Crippen LogP contribution in [0.15, 0.2) is 28.7 Å². The van der Waals surface area contributed by atoms with Crippen molar-refractivity contribution in [3.05, 3.63) is 28.7 Å². The summed E-state index contributed by atoms with van der Waals surface area (Å²) < 4.78 is 1.13. The Morgan fingerprint density at radius 1 is 1.04 bits per heavy atom. The Kier molecular flexibility index (Phi) is 6.82. The first kappa shape index (κ1) is 20.6. The van der Waals surface area contributed by atoms with Crippen molar-refractivity contribution in [3.8, 4) is 0 Å². The van der Waals surface area contributed by atoms with Crippen LogP contribution < -0.4 is 4.90 Å². The largest absolute Gasteiger partial charge is 0.372 e. The number of carbonyl (C=O) groups excluding carboxylic acids is 1. The molecule has 2 saturated heterocycles. The molecule has 27 heavy (non-hydrogen) atoms. The predicted molar refractivity (Wildman–Crippen MR) is 113 cm³/mol. The maximum absolute atomic E-state index is 12.0. The standard InChI is InChI=1S/C21H32BrN3O2/c1-21(2,3)20(26)27-25-14-12-23(13-15-25)16-17-8-10-24(11-9-17)19-6-4-18(22)5-7-19/h4-7,17H,8-16H2,1-3H3. The molecular weight excluding hydrogens is 406 g/mol. The predicted octanol–water partition coefficient (Wildman–Crippen LogP) is 3.79. The van der Waals surface area contributed by atoms with Gasteiger partial charge in [-0.05, 0) is 63.8 Å². The van der Waals surface area contributed by atoms with Gasteiger partial charge < -0.3 is 14.6 Å². The molecule has 0 spiro atoms. The maximum atomic E-state index is 12.0. The van der Waals surface area contributed by atoms with E-state index in [-0.39, 0.29) is 5.97 Å². The van der Waals surface area contributed by atoms with Gasteiger partial charge in [0.15, 0.2) is 0 Å². The lowest BCUT2D eigenvalue weighted by molar-refractivity contribution is -0.207. The van der Waals surface area contributed by atoms with E-state index in [4.69, 9.17) is 4.84 Å². The van der Waals surface area contributed by atoms with Crippen molar-refractivity contribution < 1.29 is 9.63 Å². The summed E-state index contributed by atoms with van der Waals surface area (Å²) in [6.07, 6.45) is 2.49. The molecule has 6 heteroatoms. The number of halogens is 1. The van der Waals surface area contributed by atoms with Gasteiger partial charge in [-0.3, -0.25) is 0 Å². The van der Waals surface area contributed by atoms with Gasteiger partial charge in [0.25, 0.3) is 0 Å². The number of piperidine rings is 1. The summed E-state index contributed by atoms with van der Waals surface area (Å²) in [4.78, 5) is 22.6. The van der Waals surface area contributed by atoms with Crippen LogP contribution in [0.1, 0.15) is 33.6 Å². The molecule has 2 aliphatic heterocycles. The summed E-state index contributed by atoms with van der Waals surface area (Å²) >= 11 is 3.51. The molecule has 2 fully saturated rings. The van der Waals surface area contributed by atoms with E-state index in [0.717, 1.165) is 56.2 Å². The van der Waals surface area contributed by atoms with Crippen LogP contribution in [0, 0.1) is 11.3 Å². The number of anilines is 1. The van der Waals surface area contributed by atoms with Gasteiger partial charge in [0.1, 0.15) is 0 Å². The van der Waals surface area contributed by atoms with E-state index in [1.165, 1.54) is 18.5 Å². The zero-order valence-corrected chi connectivity index (χ0v) is 18.4. The highest BCUT2D eigenvalue weighted by molar-refractivity contribution is 9.10. The second-order valence-electron chi connectivity index (χ2n) is 8.77. The van der Waals surface area contributed by atoms with Gasteiger partial charge >= 0.3 is 5.97 Å². The normalized spacial score (nSPS) is 20.7. The quantitative estimate of drug-likeness (QED) is 0.715. The third-order valence-electron chi connectivity index (χ3n) is 5.48. The molecule has 2 aliphatic rings. The highest BCUT2D eigenvalue weighted by Crippen LogP contribution is 2.25. The van der Waals surface area contributed by atoms with Crippen LogP contribution in [0.25, 0.3) is 0 Å². The van der Waals surface area contributed by atoms with Gasteiger partial charge in [-0.1, -0.05) is 15.9 Å². The Labute approximate surface area is 171 Å². The molecule has 0 radical (unpaired) electrons. The van der Waals surface area contributed by atoms with Gasteiger partial charge in [-0.25, -0.2) is 4.79 Å². The zero-order valence-electron chi connectivity index (χ0n) is 16.8. The average Bonchev–Trinajstić information content (AvgIpc) is 2.64. The molecule has 0 N–H and O–H groups in total. The van der Waals surface area contributed by atoms with Gasteiger partial charge in [0.2, 0.25) is 0 Å². The Balaban J connectivity index is 1.38. The summed E-state index contributed by atoms with van der Waals surface area (Å²) in [6, 6.07) is 8.63. The van der Waals surface area contributed by atoms with E-state index in [0.29, 0.717) is 0 Å². The Morgan fingerprint density at radius 3 is 2.19 bits per heavy atom. The van der Waals surface area contributed by atoms with Gasteiger partial charge in [0, 0.05) is 56.0 Å². The molecule has 0 saturated carbocycles. The Morgan fingerprint density at radius 2 is 1.63 bits per heavy atom. The highest BCUT2D eigenvalue weighted by atomic mass is 79.9. The molecule has 0 unspecified atom stereocenters. The van der Waals surface area contributed by atoms with Crippen molar-refractivity contribution in [1.29, 1.82) is 0 Å². The number of piperazine rings is 1. The number of benzene rings is 1. The molecule has 0 aliphatic carbocycles. The maximum Gasteiger partial charge on any atom is 0.330 e. The van der Waals surface area contributed by atoms with E-state index in [1.54, 1.807) is 0 Å². The topological polar surface area (TPSA) is 36.0 Å². The second kappa shape index (κ2) is 8.93. The molecule has 3 rings (SSSR count). The van der Waals surface area contributed by atoms with Crippen LogP contribution in [-0.4, -0.2) is 61.7 Å². The number of carbonyl (C=O) groups is 1. The monoisotopic (exact) mass is 437 g/mol. The van der Waals surface area contributed by atoms with Crippen molar-refractivity contribution in [2.45, 2.75) is 33.6 Å². The highest BCUT2D eigenvalue weighted by Gasteiger charge is 2.29. The fourth-order valence-electron chi connectivity index (χ4n) is 3.65. The van der Waals surface area contributed by atoms with Crippen molar-refractivity contribution in [3.63, 3.8) is 0 Å². The first-order chi connectivity index (χ1) is 12.8. The number of rotatable bonds is 4. The third-order valence-corrected chi connectivity index (χ3v) is 6.01. The van der Waals surface area contributed by atoms with Crippen LogP contribution >= 0.6 is 15.9 Å². The molecule has 1 aromatic rings. The summed E-state index contributed by atoms with van der Waals surface area (Å²) in [5.41, 5.74) is 0.880. The van der Waals surface area contributed by atoms with E-state index >= 15 is 0 Å². The van der Waals surface area contributed by atoms with Crippen LogP contribution in [0.4, 0.5) is 5.69 Å². The van der Waals surface area contributed by atoms with Crippen molar-refractivity contribution in [1.82, 2.24) is 9.96 Å². The van der Waals surface area contributed by atoms with E-state index in [1.807, 2.05) is 25.8 Å². The minimum absolute atomic E-state index is 0.142. The van der Waals surface area contributed by atoms with Crippen molar-refractivity contribution in [2.24, 2.45) is 11.3 Å². The summed E-state index contributed by atoms with van der Waals surface area (Å²) in [5, 5.41) is 1.83. The molecule has 0 amide bonds. The lowest BCUT2D eigenvalue weighted by Gasteiger charge is -2.39. The van der Waals surface area contributed by atoms with E-state index < -0.39 is 5.41 Å². The molecule has 0 aromatic heterocycles. The van der Waals surface area contributed by atoms with E-state index in [2.05, 4.69) is 50.0 Å². The summed E-state index contributed by atoms with van der Waals surface area (Å²) in [7, 11) is 0. The van der Waals surface area contributed by atoms with Crippen molar-refractivity contribution >= 4 is 27.6 Å². The lowest BCUT2D eigenvalue weighted by Crippen LogP contribution is -2.50. The Bertz CT molecular complexity index is 613.